The molecule has 0 saturated heterocycles. The molecule has 17 heavy (non-hydrogen) atoms. The van der Waals surface area contributed by atoms with Crippen LogP contribution in [-0.2, 0) is 17.8 Å². The van der Waals surface area contributed by atoms with Crippen LogP contribution in [0.1, 0.15) is 11.1 Å². The zero-order chi connectivity index (χ0) is 13.0. The first kappa shape index (κ1) is 14.0. The number of aliphatic carboxylic acids is 1. The first-order chi connectivity index (χ1) is 7.90. The van der Waals surface area contributed by atoms with Crippen molar-refractivity contribution in [2.45, 2.75) is 19.0 Å². The van der Waals surface area contributed by atoms with Crippen molar-refractivity contribution in [3.8, 4) is 0 Å². The summed E-state index contributed by atoms with van der Waals surface area (Å²) >= 11 is 6.12. The van der Waals surface area contributed by atoms with E-state index in [1.54, 1.807) is 6.07 Å². The van der Waals surface area contributed by atoms with Gasteiger partial charge in [-0.2, -0.15) is 0 Å². The van der Waals surface area contributed by atoms with E-state index in [1.165, 1.54) is 0 Å². The van der Waals surface area contributed by atoms with E-state index >= 15 is 0 Å². The maximum absolute atomic E-state index is 10.6. The molecule has 0 aliphatic rings. The Morgan fingerprint density at radius 3 is 2.65 bits per heavy atom. The topological polar surface area (TPSA) is 66.6 Å². The van der Waals surface area contributed by atoms with Gasteiger partial charge < -0.3 is 15.7 Å². The predicted molar refractivity (Wildman–Crippen MR) is 68.2 cm³/mol. The van der Waals surface area contributed by atoms with E-state index < -0.39 is 12.0 Å². The van der Waals surface area contributed by atoms with Gasteiger partial charge >= 0.3 is 5.97 Å². The minimum absolute atomic E-state index is 0.289. The van der Waals surface area contributed by atoms with Gasteiger partial charge in [-0.1, -0.05) is 23.7 Å². The van der Waals surface area contributed by atoms with Gasteiger partial charge in [-0.3, -0.25) is 4.79 Å². The van der Waals surface area contributed by atoms with Gasteiger partial charge in [0.2, 0.25) is 0 Å². The van der Waals surface area contributed by atoms with Gasteiger partial charge in [0.05, 0.1) is 0 Å². The monoisotopic (exact) mass is 256 g/mol. The second-order valence-corrected chi connectivity index (χ2v) is 4.72. The van der Waals surface area contributed by atoms with Crippen molar-refractivity contribution in [2.75, 3.05) is 14.1 Å². The van der Waals surface area contributed by atoms with Crippen LogP contribution in [-0.4, -0.2) is 36.1 Å². The molecule has 0 amide bonds. The number of nitrogens with zero attached hydrogens (tertiary/aromatic N) is 1. The summed E-state index contributed by atoms with van der Waals surface area (Å²) in [6.07, 6.45) is 0.289. The van der Waals surface area contributed by atoms with Crippen molar-refractivity contribution in [1.29, 1.82) is 0 Å². The summed E-state index contributed by atoms with van der Waals surface area (Å²) < 4.78 is 0. The Balaban J connectivity index is 2.78. The van der Waals surface area contributed by atoms with Crippen LogP contribution in [0.5, 0.6) is 0 Å². The maximum Gasteiger partial charge on any atom is 0.320 e. The van der Waals surface area contributed by atoms with Crippen molar-refractivity contribution < 1.29 is 9.90 Å². The lowest BCUT2D eigenvalue weighted by Crippen LogP contribution is -2.32. The number of carboxylic acids is 1. The normalized spacial score (nSPS) is 12.8. The van der Waals surface area contributed by atoms with Gasteiger partial charge in [0.25, 0.3) is 0 Å². The van der Waals surface area contributed by atoms with Crippen molar-refractivity contribution in [3.05, 3.63) is 34.3 Å². The van der Waals surface area contributed by atoms with Crippen molar-refractivity contribution in [1.82, 2.24) is 4.90 Å². The number of rotatable bonds is 5. The van der Waals surface area contributed by atoms with E-state index in [4.69, 9.17) is 22.4 Å². The summed E-state index contributed by atoms with van der Waals surface area (Å²) in [5.41, 5.74) is 7.32. The first-order valence-corrected chi connectivity index (χ1v) is 5.68. The minimum atomic E-state index is -1.00. The van der Waals surface area contributed by atoms with Gasteiger partial charge in [-0.25, -0.2) is 0 Å². The third-order valence-corrected chi connectivity index (χ3v) is 2.73. The molecule has 0 saturated carbocycles. The summed E-state index contributed by atoms with van der Waals surface area (Å²) in [5, 5.41) is 9.37. The second-order valence-electron chi connectivity index (χ2n) is 4.31. The van der Waals surface area contributed by atoms with Crippen LogP contribution >= 0.6 is 11.6 Å². The van der Waals surface area contributed by atoms with Crippen LogP contribution in [0.25, 0.3) is 0 Å². The van der Waals surface area contributed by atoms with Crippen molar-refractivity contribution >= 4 is 17.6 Å². The zero-order valence-electron chi connectivity index (χ0n) is 9.98. The van der Waals surface area contributed by atoms with Gasteiger partial charge in [0.1, 0.15) is 6.04 Å². The number of nitrogens with two attached hydrogens (primary N) is 1. The fraction of sp³-hybridized carbons (Fsp3) is 0.417. The van der Waals surface area contributed by atoms with Gasteiger partial charge in [-0.05, 0) is 37.7 Å². The number of carboxylic acid groups (broad SMARTS) is 1. The van der Waals surface area contributed by atoms with Crippen molar-refractivity contribution in [2.24, 2.45) is 5.73 Å². The van der Waals surface area contributed by atoms with Crippen molar-refractivity contribution in [3.63, 3.8) is 0 Å². The van der Waals surface area contributed by atoms with E-state index in [2.05, 4.69) is 0 Å². The van der Waals surface area contributed by atoms with Crippen LogP contribution in [0.2, 0.25) is 5.02 Å². The molecule has 1 atom stereocenters. The number of halogens is 1. The summed E-state index contributed by atoms with van der Waals surface area (Å²) in [4.78, 5) is 12.7. The number of hydrogen-bond acceptors (Lipinski definition) is 3. The van der Waals surface area contributed by atoms with Crippen LogP contribution in [0, 0.1) is 0 Å². The molecule has 1 unspecified atom stereocenters. The average Bonchev–Trinajstić information content (AvgIpc) is 2.21. The molecule has 5 heteroatoms. The lowest BCUT2D eigenvalue weighted by molar-refractivity contribution is -0.138. The Hall–Kier alpha value is -1.10. The SMILES string of the molecule is CN(C)Cc1ccc(CC(N)C(=O)O)cc1Cl. The standard InChI is InChI=1S/C12H17ClN2O2/c1-15(2)7-9-4-3-8(5-10(9)13)6-11(14)12(16)17/h3-5,11H,6-7,14H2,1-2H3,(H,16,17). The highest BCUT2D eigenvalue weighted by Gasteiger charge is 2.13. The number of carbonyl (C=O) groups is 1. The molecule has 1 rings (SSSR count). The molecule has 0 aliphatic heterocycles. The molecule has 0 fully saturated rings. The number of benzene rings is 1. The highest BCUT2D eigenvalue weighted by molar-refractivity contribution is 6.31. The third-order valence-electron chi connectivity index (χ3n) is 2.38. The molecule has 1 aromatic carbocycles. The lowest BCUT2D eigenvalue weighted by atomic mass is 10.0. The Kier molecular flexibility index (Phi) is 4.93. The number of hydrogen-bond donors (Lipinski definition) is 2. The Morgan fingerprint density at radius 1 is 1.53 bits per heavy atom. The molecular formula is C12H17ClN2O2. The smallest absolute Gasteiger partial charge is 0.320 e. The summed E-state index contributed by atoms with van der Waals surface area (Å²) in [6.45, 7) is 0.754. The highest BCUT2D eigenvalue weighted by atomic mass is 35.5. The molecule has 4 nitrogen and oxygen atoms in total. The van der Waals surface area contributed by atoms with E-state index in [1.807, 2.05) is 31.1 Å². The molecule has 1 aromatic rings. The quantitative estimate of drug-likeness (QED) is 0.835. The highest BCUT2D eigenvalue weighted by Crippen LogP contribution is 2.19. The Labute approximate surface area is 106 Å². The fourth-order valence-electron chi connectivity index (χ4n) is 1.53. The summed E-state index contributed by atoms with van der Waals surface area (Å²) in [5.74, 6) is -1.00. The van der Waals surface area contributed by atoms with Crippen LogP contribution in [0.4, 0.5) is 0 Å². The lowest BCUT2D eigenvalue weighted by Gasteiger charge is -2.13. The first-order valence-electron chi connectivity index (χ1n) is 5.30. The average molecular weight is 257 g/mol. The molecule has 0 bridgehead atoms. The maximum atomic E-state index is 10.6. The van der Waals surface area contributed by atoms with Gasteiger partial charge in [0, 0.05) is 11.6 Å². The fourth-order valence-corrected chi connectivity index (χ4v) is 1.79. The Bertz CT molecular complexity index is 407. The van der Waals surface area contributed by atoms with Gasteiger partial charge in [0.15, 0.2) is 0 Å². The zero-order valence-corrected chi connectivity index (χ0v) is 10.7. The Morgan fingerprint density at radius 2 is 2.18 bits per heavy atom. The molecule has 0 aromatic heterocycles. The predicted octanol–water partition coefficient (Wildman–Crippen LogP) is 1.36. The molecule has 0 aliphatic carbocycles. The second kappa shape index (κ2) is 6.00. The molecule has 0 heterocycles. The molecular weight excluding hydrogens is 240 g/mol. The largest absolute Gasteiger partial charge is 0.480 e. The molecule has 3 N–H and O–H groups in total. The minimum Gasteiger partial charge on any atom is -0.480 e. The van der Waals surface area contributed by atoms with E-state index in [-0.39, 0.29) is 6.42 Å². The van der Waals surface area contributed by atoms with Crippen LogP contribution in [0.15, 0.2) is 18.2 Å². The van der Waals surface area contributed by atoms with E-state index in [0.717, 1.165) is 17.7 Å². The molecule has 0 radical (unpaired) electrons. The van der Waals surface area contributed by atoms with E-state index in [0.29, 0.717) is 5.02 Å². The van der Waals surface area contributed by atoms with E-state index in [9.17, 15) is 4.79 Å². The van der Waals surface area contributed by atoms with Crippen LogP contribution < -0.4 is 5.73 Å². The third kappa shape index (κ3) is 4.34. The summed E-state index contributed by atoms with van der Waals surface area (Å²) in [6, 6.07) is 4.67. The molecule has 94 valence electrons. The summed E-state index contributed by atoms with van der Waals surface area (Å²) in [7, 11) is 3.93. The molecule has 0 spiro atoms. The van der Waals surface area contributed by atoms with Crippen LogP contribution in [0.3, 0.4) is 0 Å². The van der Waals surface area contributed by atoms with Gasteiger partial charge in [-0.15, -0.1) is 0 Å².